The summed E-state index contributed by atoms with van der Waals surface area (Å²) < 4.78 is 16.3. The van der Waals surface area contributed by atoms with E-state index >= 15 is 0 Å². The number of amides is 1. The normalized spacial score (nSPS) is 14.3. The van der Waals surface area contributed by atoms with Crippen molar-refractivity contribution in [3.63, 3.8) is 0 Å². The summed E-state index contributed by atoms with van der Waals surface area (Å²) in [6.45, 7) is 3.69. The Morgan fingerprint density at radius 1 is 1.07 bits per heavy atom. The Balaban J connectivity index is 1.26. The fourth-order valence-electron chi connectivity index (χ4n) is 3.05. The van der Waals surface area contributed by atoms with E-state index in [4.69, 9.17) is 14.0 Å². The maximum absolute atomic E-state index is 11.9. The number of carbonyl (C=O) groups excluding carboxylic acids is 1. The van der Waals surface area contributed by atoms with E-state index < -0.39 is 6.09 Å². The van der Waals surface area contributed by atoms with E-state index in [0.29, 0.717) is 18.1 Å². The largest absolute Gasteiger partial charge is 0.489 e. The quantitative estimate of drug-likeness (QED) is 0.621. The van der Waals surface area contributed by atoms with Crippen LogP contribution in [0.25, 0.3) is 11.3 Å². The van der Waals surface area contributed by atoms with Crippen LogP contribution < -0.4 is 15.5 Å². The van der Waals surface area contributed by atoms with Crippen molar-refractivity contribution in [3.05, 3.63) is 72.0 Å². The van der Waals surface area contributed by atoms with Gasteiger partial charge in [-0.05, 0) is 29.8 Å². The van der Waals surface area contributed by atoms with Crippen LogP contribution in [0, 0.1) is 0 Å². The minimum Gasteiger partial charge on any atom is -0.489 e. The topological polar surface area (TPSA) is 88.9 Å². The molecule has 2 heterocycles. The lowest BCUT2D eigenvalue weighted by Gasteiger charge is -2.26. The molecule has 1 saturated heterocycles. The van der Waals surface area contributed by atoms with Crippen LogP contribution in [0.3, 0.4) is 0 Å². The third kappa shape index (κ3) is 5.59. The highest BCUT2D eigenvalue weighted by Crippen LogP contribution is 2.23. The molecule has 0 aliphatic carbocycles. The Kier molecular flexibility index (Phi) is 6.58. The van der Waals surface area contributed by atoms with E-state index in [9.17, 15) is 4.79 Å². The summed E-state index contributed by atoms with van der Waals surface area (Å²) in [5, 5.41) is 9.10. The Morgan fingerprint density at radius 3 is 2.60 bits per heavy atom. The molecule has 0 spiro atoms. The van der Waals surface area contributed by atoms with E-state index in [2.05, 4.69) is 15.9 Å². The van der Waals surface area contributed by atoms with Crippen molar-refractivity contribution in [2.75, 3.05) is 26.2 Å². The zero-order valence-corrected chi connectivity index (χ0v) is 16.5. The second-order valence-corrected chi connectivity index (χ2v) is 6.90. The van der Waals surface area contributed by atoms with Crippen LogP contribution in [-0.2, 0) is 18.0 Å². The summed E-state index contributed by atoms with van der Waals surface area (Å²) in [4.78, 5) is 11.9. The van der Waals surface area contributed by atoms with Gasteiger partial charge >= 0.3 is 6.09 Å². The molecule has 2 N–H and O–H groups in total. The number of hydrogen-bond acceptors (Lipinski definition) is 7. The molecule has 0 radical (unpaired) electrons. The van der Waals surface area contributed by atoms with Gasteiger partial charge in [0.25, 0.3) is 0 Å². The fraction of sp³-hybridized carbons (Fsp3) is 0.273. The molecule has 8 heteroatoms. The van der Waals surface area contributed by atoms with E-state index in [1.165, 1.54) is 0 Å². The van der Waals surface area contributed by atoms with Gasteiger partial charge in [-0.3, -0.25) is 5.43 Å². The van der Waals surface area contributed by atoms with Crippen molar-refractivity contribution in [2.24, 2.45) is 0 Å². The number of hydrogen-bond donors (Lipinski definition) is 2. The zero-order valence-electron chi connectivity index (χ0n) is 16.5. The minimum atomic E-state index is -0.505. The number of carbonyl (C=O) groups is 1. The number of aromatic nitrogens is 1. The third-order valence-electron chi connectivity index (χ3n) is 4.67. The molecule has 0 bridgehead atoms. The van der Waals surface area contributed by atoms with Gasteiger partial charge in [0.2, 0.25) is 0 Å². The van der Waals surface area contributed by atoms with Crippen LogP contribution in [0.2, 0.25) is 0 Å². The molecule has 3 aromatic rings. The van der Waals surface area contributed by atoms with Crippen LogP contribution in [0.5, 0.6) is 5.75 Å². The lowest BCUT2D eigenvalue weighted by Crippen LogP contribution is -2.52. The summed E-state index contributed by atoms with van der Waals surface area (Å²) >= 11 is 0. The molecule has 0 saturated carbocycles. The van der Waals surface area contributed by atoms with Crippen molar-refractivity contribution in [1.82, 2.24) is 20.9 Å². The van der Waals surface area contributed by atoms with Gasteiger partial charge in [-0.2, -0.15) is 0 Å². The van der Waals surface area contributed by atoms with Crippen molar-refractivity contribution in [2.45, 2.75) is 13.2 Å². The molecule has 1 amide bonds. The third-order valence-corrected chi connectivity index (χ3v) is 4.67. The van der Waals surface area contributed by atoms with Crippen molar-refractivity contribution in [1.29, 1.82) is 0 Å². The highest BCUT2D eigenvalue weighted by Gasteiger charge is 2.14. The first-order valence-corrected chi connectivity index (χ1v) is 9.88. The second-order valence-electron chi connectivity index (χ2n) is 6.90. The van der Waals surface area contributed by atoms with Crippen LogP contribution in [0.1, 0.15) is 11.3 Å². The molecular weight excluding hydrogens is 384 g/mol. The lowest BCUT2D eigenvalue weighted by atomic mass is 10.1. The van der Waals surface area contributed by atoms with E-state index in [1.807, 2.05) is 59.6 Å². The Bertz CT molecular complexity index is 937. The molecule has 2 aromatic carbocycles. The SMILES string of the molecule is O=C(NN1CCNCC1)OCc1cc(-c2ccc(OCc3ccccc3)cc2)no1. The predicted octanol–water partition coefficient (Wildman–Crippen LogP) is 2.97. The van der Waals surface area contributed by atoms with Crippen LogP contribution >= 0.6 is 0 Å². The van der Waals surface area contributed by atoms with Gasteiger partial charge in [-0.15, -0.1) is 0 Å². The van der Waals surface area contributed by atoms with Crippen LogP contribution in [0.15, 0.2) is 65.2 Å². The van der Waals surface area contributed by atoms with Crippen LogP contribution in [-0.4, -0.2) is 42.4 Å². The van der Waals surface area contributed by atoms with Crippen molar-refractivity contribution < 1.29 is 18.8 Å². The molecule has 1 fully saturated rings. The maximum atomic E-state index is 11.9. The van der Waals surface area contributed by atoms with Gasteiger partial charge in [0.1, 0.15) is 18.1 Å². The highest BCUT2D eigenvalue weighted by molar-refractivity contribution is 5.66. The first kappa shape index (κ1) is 19.9. The first-order valence-electron chi connectivity index (χ1n) is 9.88. The molecule has 0 atom stereocenters. The number of piperazine rings is 1. The number of nitrogens with one attached hydrogen (secondary N) is 2. The molecule has 156 valence electrons. The highest BCUT2D eigenvalue weighted by atomic mass is 16.6. The summed E-state index contributed by atoms with van der Waals surface area (Å²) in [7, 11) is 0. The van der Waals surface area contributed by atoms with Gasteiger partial charge < -0.3 is 19.3 Å². The van der Waals surface area contributed by atoms with E-state index in [1.54, 1.807) is 6.07 Å². The monoisotopic (exact) mass is 408 g/mol. The molecule has 30 heavy (non-hydrogen) atoms. The lowest BCUT2D eigenvalue weighted by molar-refractivity contribution is 0.0873. The smallest absolute Gasteiger partial charge is 0.422 e. The number of rotatable bonds is 7. The second kappa shape index (κ2) is 9.91. The predicted molar refractivity (Wildman–Crippen MR) is 110 cm³/mol. The van der Waals surface area contributed by atoms with Gasteiger partial charge in [0.15, 0.2) is 12.4 Å². The van der Waals surface area contributed by atoms with Gasteiger partial charge in [0, 0.05) is 37.8 Å². The molecule has 1 aliphatic rings. The molecule has 1 aromatic heterocycles. The van der Waals surface area contributed by atoms with Gasteiger partial charge in [-0.25, -0.2) is 9.80 Å². The Morgan fingerprint density at radius 2 is 1.83 bits per heavy atom. The summed E-state index contributed by atoms with van der Waals surface area (Å²) in [6, 6.07) is 19.4. The summed E-state index contributed by atoms with van der Waals surface area (Å²) in [5.74, 6) is 1.25. The van der Waals surface area contributed by atoms with Crippen LogP contribution in [0.4, 0.5) is 4.79 Å². The zero-order chi connectivity index (χ0) is 20.6. The number of hydrazine groups is 1. The van der Waals surface area contributed by atoms with Gasteiger partial charge in [-0.1, -0.05) is 35.5 Å². The first-order chi connectivity index (χ1) is 14.8. The van der Waals surface area contributed by atoms with E-state index in [-0.39, 0.29) is 6.61 Å². The maximum Gasteiger partial charge on any atom is 0.422 e. The Hall–Kier alpha value is -3.36. The molecule has 8 nitrogen and oxygen atoms in total. The Labute approximate surface area is 174 Å². The molecule has 1 aliphatic heterocycles. The van der Waals surface area contributed by atoms with Crippen molar-refractivity contribution >= 4 is 6.09 Å². The average Bonchev–Trinajstić information content (AvgIpc) is 3.27. The van der Waals surface area contributed by atoms with Crippen molar-refractivity contribution in [3.8, 4) is 17.0 Å². The molecular formula is C22H24N4O4. The van der Waals surface area contributed by atoms with Gasteiger partial charge in [0.05, 0.1) is 0 Å². The summed E-state index contributed by atoms with van der Waals surface area (Å²) in [5.41, 5.74) is 5.39. The average molecular weight is 408 g/mol. The number of benzene rings is 2. The number of nitrogens with zero attached hydrogens (tertiary/aromatic N) is 2. The summed E-state index contributed by atoms with van der Waals surface area (Å²) in [6.07, 6.45) is -0.505. The van der Waals surface area contributed by atoms with E-state index in [0.717, 1.165) is 43.1 Å². The molecule has 4 rings (SSSR count). The molecule has 0 unspecified atom stereocenters. The number of ether oxygens (including phenoxy) is 2. The fourth-order valence-corrected chi connectivity index (χ4v) is 3.05. The minimum absolute atomic E-state index is 0.0171. The standard InChI is InChI=1S/C22H24N4O4/c27-22(24-26-12-10-23-11-13-26)29-16-20-14-21(25-30-20)18-6-8-19(9-7-18)28-15-17-4-2-1-3-5-17/h1-9,14,23H,10-13,15-16H2,(H,24,27).